The summed E-state index contributed by atoms with van der Waals surface area (Å²) in [7, 11) is 1.27. The average molecular weight is 983 g/mol. The molecular weight excluding hydrogens is 945 g/mol. The first-order valence-corrected chi connectivity index (χ1v) is 21.5. The van der Waals surface area contributed by atoms with Crippen LogP contribution in [0.25, 0.3) is 0 Å². The van der Waals surface area contributed by atoms with E-state index in [4.69, 9.17) is 4.74 Å². The van der Waals surface area contributed by atoms with E-state index in [-0.39, 0.29) is 56.0 Å². The lowest BCUT2D eigenvalue weighted by atomic mass is 9.95. The van der Waals surface area contributed by atoms with E-state index in [1.54, 1.807) is 24.3 Å². The van der Waals surface area contributed by atoms with Gasteiger partial charge in [-0.25, -0.2) is 19.2 Å². The lowest BCUT2D eigenvalue weighted by Gasteiger charge is -2.13. The maximum atomic E-state index is 13.9. The summed E-state index contributed by atoms with van der Waals surface area (Å²) in [5.74, 6) is -9.99. The van der Waals surface area contributed by atoms with Crippen LogP contribution >= 0.6 is 0 Å². The van der Waals surface area contributed by atoms with Crippen LogP contribution in [0.3, 0.4) is 0 Å². The van der Waals surface area contributed by atoms with Gasteiger partial charge in [0, 0.05) is 46.4 Å². The minimum absolute atomic E-state index is 0.0771. The first-order valence-electron chi connectivity index (χ1n) is 21.5. The van der Waals surface area contributed by atoms with Gasteiger partial charge in [-0.3, -0.25) is 28.8 Å². The molecule has 19 nitrogen and oxygen atoms in total. The van der Waals surface area contributed by atoms with Gasteiger partial charge >= 0.3 is 23.9 Å². The van der Waals surface area contributed by atoms with Crippen LogP contribution in [0.5, 0.6) is 11.5 Å². The normalized spacial score (nSPS) is 10.5. The molecule has 0 radical (unpaired) electrons. The van der Waals surface area contributed by atoms with Gasteiger partial charge in [0.15, 0.2) is 11.6 Å². The molecule has 364 valence electrons. The summed E-state index contributed by atoms with van der Waals surface area (Å²) in [6, 6.07) is 31.8. The minimum Gasteiger partial charge on any atom is -0.478 e. The molecule has 0 saturated carbocycles. The van der Waals surface area contributed by atoms with Gasteiger partial charge in [0.2, 0.25) is 0 Å². The number of hydrogen-bond acceptors (Lipinski definition) is 11. The van der Waals surface area contributed by atoms with E-state index in [1.165, 1.54) is 49.5 Å². The molecule has 0 fully saturated rings. The van der Waals surface area contributed by atoms with E-state index in [0.717, 1.165) is 72.3 Å². The monoisotopic (exact) mass is 982 g/mol. The van der Waals surface area contributed by atoms with Gasteiger partial charge in [-0.15, -0.1) is 0 Å². The highest BCUT2D eigenvalue weighted by Gasteiger charge is 2.26. The summed E-state index contributed by atoms with van der Waals surface area (Å²) in [6.45, 7) is 1.94. The SMILES string of the molecule is CNC(=O)c1cc(C(=O)c2ccc(C(=O)O)c(C(=O)Nc3ccc(NC(=O)c4cc(C(=O)c5ccc(C(=O)O)c(C(=O)Nc6ccc(Oc7ccc(C)cc7)cc6)c5)ccc4C(=O)O)cc3)c2)ccc1C(=O)O. The summed E-state index contributed by atoms with van der Waals surface area (Å²) in [6.07, 6.45) is 0. The Labute approximate surface area is 412 Å². The van der Waals surface area contributed by atoms with E-state index in [0.29, 0.717) is 11.5 Å². The average Bonchev–Trinajstić information content (AvgIpc) is 3.38. The molecule has 19 heteroatoms. The molecule has 0 aliphatic rings. The van der Waals surface area contributed by atoms with Gasteiger partial charge in [0.1, 0.15) is 11.5 Å². The molecule has 0 unspecified atom stereocenters. The number of nitrogens with one attached hydrogen (secondary N) is 4. The fraction of sp³-hybridized carbons (Fsp3) is 0.0370. The number of amides is 4. The van der Waals surface area contributed by atoms with Crippen molar-refractivity contribution in [2.75, 3.05) is 23.0 Å². The number of carbonyl (C=O) groups is 10. The highest BCUT2D eigenvalue weighted by molar-refractivity contribution is 6.18. The Balaban J connectivity index is 1.06. The number of carbonyl (C=O) groups excluding carboxylic acids is 6. The number of ketones is 2. The molecule has 4 amide bonds. The lowest BCUT2D eigenvalue weighted by Crippen LogP contribution is -2.22. The minimum atomic E-state index is -1.52. The van der Waals surface area contributed by atoms with E-state index in [2.05, 4.69) is 21.3 Å². The Kier molecular flexibility index (Phi) is 14.7. The first-order chi connectivity index (χ1) is 34.8. The van der Waals surface area contributed by atoms with Crippen molar-refractivity contribution in [3.8, 4) is 11.5 Å². The smallest absolute Gasteiger partial charge is 0.336 e. The molecule has 0 atom stereocenters. The fourth-order valence-corrected chi connectivity index (χ4v) is 7.29. The van der Waals surface area contributed by atoms with Crippen molar-refractivity contribution in [3.63, 3.8) is 0 Å². The Morgan fingerprint density at radius 2 is 0.603 bits per heavy atom. The molecule has 0 saturated heterocycles. The van der Waals surface area contributed by atoms with Crippen molar-refractivity contribution in [3.05, 3.63) is 218 Å². The summed E-state index contributed by atoms with van der Waals surface area (Å²) < 4.78 is 5.82. The van der Waals surface area contributed by atoms with Crippen molar-refractivity contribution in [2.45, 2.75) is 6.92 Å². The third kappa shape index (κ3) is 11.5. The molecule has 0 aliphatic heterocycles. The Bertz CT molecular complexity index is 3460. The molecule has 7 rings (SSSR count). The molecule has 0 aliphatic carbocycles. The van der Waals surface area contributed by atoms with Crippen LogP contribution in [-0.4, -0.2) is 86.5 Å². The van der Waals surface area contributed by atoms with Crippen LogP contribution < -0.4 is 26.0 Å². The zero-order valence-corrected chi connectivity index (χ0v) is 38.1. The Hall–Kier alpha value is -10.6. The number of hydrogen-bond donors (Lipinski definition) is 8. The van der Waals surface area contributed by atoms with Crippen LogP contribution in [0.2, 0.25) is 0 Å². The first kappa shape index (κ1) is 50.3. The Morgan fingerprint density at radius 1 is 0.342 bits per heavy atom. The van der Waals surface area contributed by atoms with E-state index < -0.39 is 86.9 Å². The fourth-order valence-electron chi connectivity index (χ4n) is 7.29. The summed E-state index contributed by atoms with van der Waals surface area (Å²) >= 11 is 0. The standard InChI is InChI=1S/C54H38N4O15/c1-27-3-15-35(16-4-27)73-36-17-13-34(14-18-36)58-50(64)44-26-31(8-22-40(44)54(71)72)46(60)30-7-21-39(53(69)70)43(25-30)49(63)57-33-11-9-32(10-12-33)56-48(62)42-24-29(6-20-38(42)52(67)68)45(59)28-5-19-37(51(65)66)41(23-28)47(61)55-2/h3-26H,1-2H3,(H,55,61)(H,56,62)(H,57,63)(H,58,64)(H,65,66)(H,67,68)(H,69,70)(H,71,72). The van der Waals surface area contributed by atoms with Crippen molar-refractivity contribution in [1.29, 1.82) is 0 Å². The number of ether oxygens (including phenoxy) is 1. The van der Waals surface area contributed by atoms with Crippen LogP contribution in [0.1, 0.15) is 120 Å². The van der Waals surface area contributed by atoms with Gasteiger partial charge in [0.05, 0.1) is 44.5 Å². The zero-order chi connectivity index (χ0) is 52.7. The van der Waals surface area contributed by atoms with Crippen LogP contribution in [0, 0.1) is 6.92 Å². The maximum Gasteiger partial charge on any atom is 0.336 e. The molecule has 73 heavy (non-hydrogen) atoms. The molecule has 7 aromatic carbocycles. The predicted molar refractivity (Wildman–Crippen MR) is 262 cm³/mol. The molecule has 0 heterocycles. The number of carboxylic acid groups (broad SMARTS) is 4. The third-order valence-corrected chi connectivity index (χ3v) is 11.0. The van der Waals surface area contributed by atoms with Gasteiger partial charge < -0.3 is 46.4 Å². The van der Waals surface area contributed by atoms with Crippen LogP contribution in [0.4, 0.5) is 17.1 Å². The molecule has 0 spiro atoms. The summed E-state index contributed by atoms with van der Waals surface area (Å²) in [5.41, 5.74) is -2.51. The quantitative estimate of drug-likeness (QED) is 0.0399. The molecule has 0 bridgehead atoms. The second-order valence-corrected chi connectivity index (χ2v) is 15.9. The van der Waals surface area contributed by atoms with Gasteiger partial charge in [-0.2, -0.15) is 0 Å². The van der Waals surface area contributed by atoms with E-state index in [1.807, 2.05) is 19.1 Å². The largest absolute Gasteiger partial charge is 0.478 e. The number of anilines is 3. The topological polar surface area (TPSA) is 309 Å². The number of aromatic carboxylic acids is 4. The third-order valence-electron chi connectivity index (χ3n) is 11.0. The van der Waals surface area contributed by atoms with Crippen molar-refractivity contribution in [1.82, 2.24) is 5.32 Å². The molecular formula is C54H38N4O15. The van der Waals surface area contributed by atoms with Crippen LogP contribution in [-0.2, 0) is 0 Å². The van der Waals surface area contributed by atoms with Crippen molar-refractivity contribution < 1.29 is 73.1 Å². The highest BCUT2D eigenvalue weighted by Crippen LogP contribution is 2.27. The van der Waals surface area contributed by atoms with E-state index >= 15 is 0 Å². The number of carboxylic acids is 4. The summed E-state index contributed by atoms with van der Waals surface area (Å²) in [5, 5.41) is 49.1. The van der Waals surface area contributed by atoms with Crippen LogP contribution in [0.15, 0.2) is 146 Å². The molecule has 0 aromatic heterocycles. The number of aryl methyl sites for hydroxylation is 1. The molecule has 7 aromatic rings. The highest BCUT2D eigenvalue weighted by atomic mass is 16.5. The second-order valence-electron chi connectivity index (χ2n) is 15.9. The lowest BCUT2D eigenvalue weighted by molar-refractivity contribution is 0.0683. The number of rotatable bonds is 17. The van der Waals surface area contributed by atoms with Gasteiger partial charge in [-0.05, 0) is 116 Å². The van der Waals surface area contributed by atoms with Crippen molar-refractivity contribution >= 4 is 76.1 Å². The van der Waals surface area contributed by atoms with Crippen molar-refractivity contribution in [2.24, 2.45) is 0 Å². The van der Waals surface area contributed by atoms with Gasteiger partial charge in [-0.1, -0.05) is 42.0 Å². The Morgan fingerprint density at radius 3 is 0.877 bits per heavy atom. The number of benzene rings is 7. The zero-order valence-electron chi connectivity index (χ0n) is 38.1. The second kappa shape index (κ2) is 21.4. The maximum absolute atomic E-state index is 13.9. The van der Waals surface area contributed by atoms with Gasteiger partial charge in [0.25, 0.3) is 23.6 Å². The summed E-state index contributed by atoms with van der Waals surface area (Å²) in [4.78, 5) is 129. The predicted octanol–water partition coefficient (Wildman–Crippen LogP) is 8.16. The molecule has 8 N–H and O–H groups in total. The van der Waals surface area contributed by atoms with E-state index in [9.17, 15) is 68.4 Å².